The molecule has 0 bridgehead atoms. The average Bonchev–Trinajstić information content (AvgIpc) is 3.67. The van der Waals surface area contributed by atoms with Crippen molar-refractivity contribution in [2.75, 3.05) is 24.6 Å². The van der Waals surface area contributed by atoms with Gasteiger partial charge in [0.2, 0.25) is 11.5 Å². The molecule has 2 aliphatic rings. The van der Waals surface area contributed by atoms with E-state index in [1.54, 1.807) is 6.92 Å². The van der Waals surface area contributed by atoms with Gasteiger partial charge >= 0.3 is 18.0 Å². The second-order valence-electron chi connectivity index (χ2n) is 12.0. The summed E-state index contributed by atoms with van der Waals surface area (Å²) in [4.78, 5) is 85.6. The van der Waals surface area contributed by atoms with Gasteiger partial charge in [-0.2, -0.15) is 5.10 Å². The fourth-order valence-corrected chi connectivity index (χ4v) is 8.70. The molecule has 0 unspecified atom stereocenters. The number of urea groups is 1. The number of ketones is 1. The van der Waals surface area contributed by atoms with Crippen LogP contribution in [0.1, 0.15) is 38.4 Å². The number of carboxylic acids is 2. The molecule has 1 aromatic heterocycles. The zero-order valence-electron chi connectivity index (χ0n) is 27.5. The molecule has 1 aromatic carbocycles. The number of aromatic hydroxyl groups is 2. The number of fused-ring (bicyclic) bond motifs is 1. The molecule has 2 aromatic rings. The van der Waals surface area contributed by atoms with Crippen LogP contribution >= 0.6 is 46.5 Å². The summed E-state index contributed by atoms with van der Waals surface area (Å²) in [7, 11) is 0. The lowest BCUT2D eigenvalue weighted by atomic mass is 9.90. The number of oxime groups is 1. The molecule has 23 heteroatoms. The summed E-state index contributed by atoms with van der Waals surface area (Å²) >= 11 is 9.13. The number of hydrogen-bond donors (Lipinski definition) is 8. The molecule has 0 saturated carbocycles. The van der Waals surface area contributed by atoms with Gasteiger partial charge in [-0.25, -0.2) is 24.8 Å². The monoisotopic (exact) mass is 800 g/mol. The minimum absolute atomic E-state index is 0.0172. The fraction of sp³-hybridized carbons (Fsp3) is 0.414. The SMILES string of the molecule is C[C@@H](CNC(=O)/C(=N\NC(N)=O)c1ccc(O)c(O)c1Cl)CS[C@]1(C(=O)O)CN2C(=O)[C@@H](CC(=O)/C(=N\OC(C)(C)C(=O)O)c3csc(N)n3)[C@H]2S1. The number of thiazole rings is 1. The minimum atomic E-state index is -1.79. The van der Waals surface area contributed by atoms with Crippen molar-refractivity contribution in [3.8, 4) is 11.5 Å². The molecule has 2 fully saturated rings. The molecule has 3 heterocycles. The number of nitrogens with zero attached hydrogens (tertiary/aromatic N) is 4. The van der Waals surface area contributed by atoms with Crippen LogP contribution in [0.2, 0.25) is 5.02 Å². The summed E-state index contributed by atoms with van der Waals surface area (Å²) < 4.78 is -1.51. The quantitative estimate of drug-likeness (QED) is 0.0512. The smallest absolute Gasteiger partial charge is 0.350 e. The Balaban J connectivity index is 1.41. The highest BCUT2D eigenvalue weighted by atomic mass is 35.5. The number of rotatable bonds is 16. The number of phenols is 2. The predicted molar refractivity (Wildman–Crippen MR) is 191 cm³/mol. The van der Waals surface area contributed by atoms with Gasteiger partial charge in [-0.15, -0.1) is 34.9 Å². The van der Waals surface area contributed by atoms with Crippen molar-refractivity contribution in [1.82, 2.24) is 20.6 Å². The number of primary amides is 1. The fourth-order valence-electron chi connectivity index (χ4n) is 4.71. The van der Waals surface area contributed by atoms with Gasteiger partial charge in [0.05, 0.1) is 22.9 Å². The molecular weight excluding hydrogens is 768 g/mol. The second-order valence-corrected chi connectivity index (χ2v) is 16.3. The largest absolute Gasteiger partial charge is 0.504 e. The van der Waals surface area contributed by atoms with Crippen LogP contribution in [0.25, 0.3) is 0 Å². The maximum Gasteiger partial charge on any atom is 0.350 e. The van der Waals surface area contributed by atoms with E-state index in [0.29, 0.717) is 0 Å². The molecule has 2 saturated heterocycles. The topological polar surface area (TPSA) is 310 Å². The van der Waals surface area contributed by atoms with Crippen molar-refractivity contribution in [1.29, 1.82) is 0 Å². The first-order valence-corrected chi connectivity index (χ1v) is 18.1. The first-order chi connectivity index (χ1) is 24.3. The van der Waals surface area contributed by atoms with Crippen LogP contribution in [-0.2, 0) is 28.8 Å². The molecule has 4 atom stereocenters. The summed E-state index contributed by atoms with van der Waals surface area (Å²) in [6.45, 7) is 4.00. The number of nitrogens with two attached hydrogens (primary N) is 2. The molecule has 0 aliphatic carbocycles. The number of amides is 4. The Hall–Kier alpha value is -4.80. The Morgan fingerprint density at radius 3 is 2.52 bits per heavy atom. The van der Waals surface area contributed by atoms with Crippen molar-refractivity contribution in [2.45, 2.75) is 42.2 Å². The summed E-state index contributed by atoms with van der Waals surface area (Å²) in [6, 6.07) is 1.15. The Bertz CT molecular complexity index is 1870. The maximum atomic E-state index is 13.4. The van der Waals surface area contributed by atoms with Crippen LogP contribution in [-0.4, -0.2) is 111 Å². The first kappa shape index (κ1) is 40.0. The number of β-lactam (4-membered cyclic amide) rings is 1. The van der Waals surface area contributed by atoms with E-state index in [-0.39, 0.29) is 53.3 Å². The van der Waals surface area contributed by atoms with Crippen molar-refractivity contribution in [3.05, 3.63) is 33.8 Å². The van der Waals surface area contributed by atoms with Gasteiger partial charge in [0.25, 0.3) is 5.91 Å². The van der Waals surface area contributed by atoms with Gasteiger partial charge in [-0.3, -0.25) is 14.4 Å². The van der Waals surface area contributed by atoms with Crippen LogP contribution in [0.5, 0.6) is 11.5 Å². The lowest BCUT2D eigenvalue weighted by Gasteiger charge is -2.41. The molecule has 4 rings (SSSR count). The van der Waals surface area contributed by atoms with Crippen molar-refractivity contribution in [2.24, 2.45) is 27.8 Å². The van der Waals surface area contributed by atoms with E-state index in [4.69, 9.17) is 27.9 Å². The standard InChI is InChI=1S/C29H33ClN8O11S3/c1-11(7-33-21(42)18(35-36-26(31)48)12-4-5-15(39)20(41)17(12)30)8-51-29(25(46)47)10-38-22(43)13(23(38)52-29)6-16(40)19(14-9-50-27(32)34-14)37-49-28(2,3)24(44)45/h4-5,9,11,13,23,39,41H,6-8,10H2,1-3H3,(H2,32,34)(H,33,42)(H,44,45)(H,46,47)(H3,31,36,48)/b35-18-,37-19-/t11-,13+,23+,29+/m0/s1. The van der Waals surface area contributed by atoms with E-state index in [0.717, 1.165) is 40.9 Å². The summed E-state index contributed by atoms with van der Waals surface area (Å²) in [5.74, 6) is -6.90. The number of carbonyl (C=O) groups is 6. The van der Waals surface area contributed by atoms with Crippen LogP contribution in [0, 0.1) is 11.8 Å². The van der Waals surface area contributed by atoms with Gasteiger partial charge < -0.3 is 46.9 Å². The zero-order valence-corrected chi connectivity index (χ0v) is 30.7. The zero-order chi connectivity index (χ0) is 38.7. The molecule has 2 aliphatic heterocycles. The van der Waals surface area contributed by atoms with Crippen LogP contribution in [0.15, 0.2) is 27.8 Å². The molecule has 0 radical (unpaired) electrons. The second kappa shape index (κ2) is 15.8. The third kappa shape index (κ3) is 8.62. The number of aromatic nitrogens is 1. The summed E-state index contributed by atoms with van der Waals surface area (Å²) in [6.07, 6.45) is -0.389. The van der Waals surface area contributed by atoms with Gasteiger partial charge in [-0.1, -0.05) is 23.7 Å². The normalized spacial score (nSPS) is 20.8. The molecule has 10 N–H and O–H groups in total. The number of carbonyl (C=O) groups excluding carboxylic acids is 4. The predicted octanol–water partition coefficient (Wildman–Crippen LogP) is 1.20. The molecule has 0 spiro atoms. The number of hydrazone groups is 1. The van der Waals surface area contributed by atoms with Crippen LogP contribution in [0.4, 0.5) is 9.93 Å². The van der Waals surface area contributed by atoms with E-state index in [1.807, 2.05) is 5.43 Å². The van der Waals surface area contributed by atoms with E-state index < -0.39 is 78.8 Å². The van der Waals surface area contributed by atoms with Gasteiger partial charge in [0.15, 0.2) is 37.9 Å². The Labute approximate surface area is 312 Å². The number of nitrogens with one attached hydrogen (secondary N) is 2. The number of aliphatic carboxylic acids is 2. The highest BCUT2D eigenvalue weighted by molar-refractivity contribution is 8.19. The van der Waals surface area contributed by atoms with Crippen molar-refractivity contribution in [3.63, 3.8) is 0 Å². The van der Waals surface area contributed by atoms with E-state index in [9.17, 15) is 49.2 Å². The number of thioether (sulfide) groups is 2. The third-order valence-electron chi connectivity index (χ3n) is 7.64. The number of phenolic OH excluding ortho intramolecular Hbond substituents is 2. The van der Waals surface area contributed by atoms with E-state index >= 15 is 0 Å². The van der Waals surface area contributed by atoms with Gasteiger partial charge in [0, 0.05) is 23.9 Å². The molecular formula is C29H33ClN8O11S3. The van der Waals surface area contributed by atoms with Gasteiger partial charge in [0.1, 0.15) is 5.69 Å². The number of anilines is 1. The number of benzene rings is 1. The van der Waals surface area contributed by atoms with Crippen LogP contribution < -0.4 is 22.2 Å². The minimum Gasteiger partial charge on any atom is -0.504 e. The number of Topliss-reactive ketones (excluding diaryl/α,β-unsaturated/α-hetero) is 1. The average molecular weight is 801 g/mol. The molecule has 19 nitrogen and oxygen atoms in total. The van der Waals surface area contributed by atoms with Crippen LogP contribution in [0.3, 0.4) is 0 Å². The lowest BCUT2D eigenvalue weighted by molar-refractivity contribution is -0.161. The lowest BCUT2D eigenvalue weighted by Crippen LogP contribution is -2.57. The van der Waals surface area contributed by atoms with Gasteiger partial charge in [-0.05, 0) is 37.7 Å². The maximum absolute atomic E-state index is 13.4. The highest BCUT2D eigenvalue weighted by Crippen LogP contribution is 2.55. The molecule has 4 amide bonds. The first-order valence-electron chi connectivity index (χ1n) is 15.0. The molecule has 280 valence electrons. The number of hydrogen-bond acceptors (Lipinski definition) is 16. The Morgan fingerprint density at radius 1 is 1.23 bits per heavy atom. The summed E-state index contributed by atoms with van der Waals surface area (Å²) in [5, 5.41) is 49.8. The van der Waals surface area contributed by atoms with Crippen molar-refractivity contribution >= 4 is 98.6 Å². The molecule has 52 heavy (non-hydrogen) atoms. The number of nitrogen functional groups attached to an aromatic ring is 1. The third-order valence-corrected chi connectivity index (χ3v) is 12.3. The summed E-state index contributed by atoms with van der Waals surface area (Å²) in [5.41, 5.74) is 10.0. The van der Waals surface area contributed by atoms with E-state index in [2.05, 4.69) is 20.6 Å². The Morgan fingerprint density at radius 2 is 1.92 bits per heavy atom. The highest BCUT2D eigenvalue weighted by Gasteiger charge is 2.62. The number of carboxylic acid groups (broad SMARTS) is 2. The van der Waals surface area contributed by atoms with E-state index in [1.165, 1.54) is 30.2 Å². The number of halogens is 1. The van der Waals surface area contributed by atoms with Crippen molar-refractivity contribution < 1.29 is 54.0 Å². The Kier molecular flexibility index (Phi) is 12.2.